The number of hydrogen-bond acceptors (Lipinski definition) is 6. The van der Waals surface area contributed by atoms with Crippen molar-refractivity contribution in [1.82, 2.24) is 20.0 Å². The van der Waals surface area contributed by atoms with Crippen molar-refractivity contribution in [3.05, 3.63) is 28.5 Å². The zero-order chi connectivity index (χ0) is 21.1. The maximum Gasteiger partial charge on any atom is 0.409 e. The highest BCUT2D eigenvalue weighted by atomic mass is 16.6. The number of carbonyl (C=O) groups is 1. The molecule has 1 amide bonds. The molecule has 2 aromatic heterocycles. The molecule has 0 N–H and O–H groups in total. The van der Waals surface area contributed by atoms with Crippen LogP contribution in [-0.4, -0.2) is 45.3 Å². The number of rotatable bonds is 6. The molecule has 7 nitrogen and oxygen atoms in total. The summed E-state index contributed by atoms with van der Waals surface area (Å²) in [6, 6.07) is 0.202. The van der Waals surface area contributed by atoms with Gasteiger partial charge in [-0.05, 0) is 58.9 Å². The molecular weight excluding hydrogens is 368 g/mol. The van der Waals surface area contributed by atoms with Crippen molar-refractivity contribution in [2.75, 3.05) is 13.2 Å². The molecule has 29 heavy (non-hydrogen) atoms. The first-order valence-corrected chi connectivity index (χ1v) is 10.6. The van der Waals surface area contributed by atoms with Gasteiger partial charge in [-0.2, -0.15) is 0 Å². The fourth-order valence-corrected chi connectivity index (χ4v) is 4.03. The van der Waals surface area contributed by atoms with Crippen molar-refractivity contribution in [2.45, 2.75) is 79.2 Å². The predicted octanol–water partition coefficient (Wildman–Crippen LogP) is 4.73. The molecule has 3 rings (SSSR count). The first-order valence-electron chi connectivity index (χ1n) is 10.6. The van der Waals surface area contributed by atoms with E-state index in [1.165, 1.54) is 0 Å². The highest BCUT2D eigenvalue weighted by Crippen LogP contribution is 2.31. The molecule has 3 heterocycles. The molecule has 0 bridgehead atoms. The maximum absolute atomic E-state index is 12.2. The average molecular weight is 401 g/mol. The Balaban J connectivity index is 1.88. The Hall–Kier alpha value is -2.44. The van der Waals surface area contributed by atoms with Gasteiger partial charge in [-0.1, -0.05) is 19.0 Å². The van der Waals surface area contributed by atoms with Gasteiger partial charge in [0.1, 0.15) is 11.6 Å². The summed E-state index contributed by atoms with van der Waals surface area (Å²) >= 11 is 0. The molecule has 0 saturated carbocycles. The molecule has 1 fully saturated rings. The van der Waals surface area contributed by atoms with Gasteiger partial charge in [-0.15, -0.1) is 0 Å². The van der Waals surface area contributed by atoms with Gasteiger partial charge in [-0.3, -0.25) is 0 Å². The summed E-state index contributed by atoms with van der Waals surface area (Å²) in [6.07, 6.45) is 3.50. The van der Waals surface area contributed by atoms with E-state index in [9.17, 15) is 4.79 Å². The highest BCUT2D eigenvalue weighted by Gasteiger charge is 2.30. The third kappa shape index (κ3) is 4.43. The molecule has 0 aliphatic carbocycles. The van der Waals surface area contributed by atoms with E-state index in [0.29, 0.717) is 6.61 Å². The van der Waals surface area contributed by atoms with E-state index in [1.807, 2.05) is 25.7 Å². The smallest absolute Gasteiger partial charge is 0.409 e. The third-order valence-electron chi connectivity index (χ3n) is 5.64. The summed E-state index contributed by atoms with van der Waals surface area (Å²) in [4.78, 5) is 23.8. The van der Waals surface area contributed by atoms with Crippen LogP contribution >= 0.6 is 0 Å². The van der Waals surface area contributed by atoms with Crippen LogP contribution in [-0.2, 0) is 11.2 Å². The van der Waals surface area contributed by atoms with E-state index in [4.69, 9.17) is 19.2 Å². The van der Waals surface area contributed by atoms with Crippen LogP contribution in [0.2, 0.25) is 0 Å². The maximum atomic E-state index is 12.2. The van der Waals surface area contributed by atoms with Crippen molar-refractivity contribution in [1.29, 1.82) is 0 Å². The Kier molecular flexibility index (Phi) is 6.55. The van der Waals surface area contributed by atoms with Crippen LogP contribution in [0.5, 0.6) is 0 Å². The molecule has 1 atom stereocenters. The minimum atomic E-state index is -0.200. The van der Waals surface area contributed by atoms with Crippen LogP contribution < -0.4 is 0 Å². The number of carbonyl (C=O) groups excluding carboxylic acids is 1. The molecule has 1 saturated heterocycles. The lowest BCUT2D eigenvalue weighted by Gasteiger charge is -2.24. The van der Waals surface area contributed by atoms with Crippen molar-refractivity contribution < 1.29 is 14.1 Å². The van der Waals surface area contributed by atoms with Gasteiger partial charge < -0.3 is 14.2 Å². The van der Waals surface area contributed by atoms with Gasteiger partial charge >= 0.3 is 6.09 Å². The SMILES string of the molecule is CCOC(=O)N1CCCC1CCc1nc(C(C)C)nc(-c2c(C)noc2C)c1C. The predicted molar refractivity (Wildman–Crippen MR) is 111 cm³/mol. The average Bonchev–Trinajstić information content (AvgIpc) is 3.27. The molecule has 1 aliphatic heterocycles. The minimum absolute atomic E-state index is 0.200. The van der Waals surface area contributed by atoms with E-state index in [-0.39, 0.29) is 18.1 Å². The van der Waals surface area contributed by atoms with Crippen molar-refractivity contribution in [3.8, 4) is 11.3 Å². The number of nitrogens with zero attached hydrogens (tertiary/aromatic N) is 4. The summed E-state index contributed by atoms with van der Waals surface area (Å²) in [7, 11) is 0. The number of amides is 1. The van der Waals surface area contributed by atoms with Crippen LogP contribution in [0.1, 0.15) is 74.5 Å². The van der Waals surface area contributed by atoms with E-state index in [1.54, 1.807) is 0 Å². The summed E-state index contributed by atoms with van der Waals surface area (Å²) in [5.41, 5.74) is 4.80. The third-order valence-corrected chi connectivity index (χ3v) is 5.64. The lowest BCUT2D eigenvalue weighted by molar-refractivity contribution is 0.101. The van der Waals surface area contributed by atoms with Gasteiger partial charge in [0.05, 0.1) is 23.6 Å². The number of aryl methyl sites for hydroxylation is 3. The molecular formula is C22H32N4O3. The first-order chi connectivity index (χ1) is 13.8. The summed E-state index contributed by atoms with van der Waals surface area (Å²) < 4.78 is 10.6. The Morgan fingerprint density at radius 2 is 2.03 bits per heavy atom. The van der Waals surface area contributed by atoms with Crippen molar-refractivity contribution in [3.63, 3.8) is 0 Å². The van der Waals surface area contributed by atoms with Gasteiger partial charge in [0.15, 0.2) is 0 Å². The second-order valence-corrected chi connectivity index (χ2v) is 8.08. The zero-order valence-corrected chi connectivity index (χ0v) is 18.4. The molecule has 1 unspecified atom stereocenters. The Morgan fingerprint density at radius 1 is 1.28 bits per heavy atom. The molecule has 0 spiro atoms. The number of aromatic nitrogens is 3. The molecule has 1 aliphatic rings. The lowest BCUT2D eigenvalue weighted by Crippen LogP contribution is -2.36. The van der Waals surface area contributed by atoms with Gasteiger partial charge in [-0.25, -0.2) is 14.8 Å². The summed E-state index contributed by atoms with van der Waals surface area (Å²) in [5.74, 6) is 1.82. The molecule has 0 radical (unpaired) electrons. The largest absolute Gasteiger partial charge is 0.450 e. The van der Waals surface area contributed by atoms with Crippen LogP contribution in [0.25, 0.3) is 11.3 Å². The van der Waals surface area contributed by atoms with E-state index >= 15 is 0 Å². The van der Waals surface area contributed by atoms with E-state index in [2.05, 4.69) is 25.9 Å². The molecule has 7 heteroatoms. The number of ether oxygens (including phenoxy) is 1. The summed E-state index contributed by atoms with van der Waals surface area (Å²) in [6.45, 7) is 13.2. The number of hydrogen-bond donors (Lipinski definition) is 0. The quantitative estimate of drug-likeness (QED) is 0.697. The van der Waals surface area contributed by atoms with Crippen LogP contribution in [0.3, 0.4) is 0 Å². The fraction of sp³-hybridized carbons (Fsp3) is 0.636. The van der Waals surface area contributed by atoms with Gasteiger partial charge in [0, 0.05) is 24.2 Å². The van der Waals surface area contributed by atoms with Crippen LogP contribution in [0.15, 0.2) is 4.52 Å². The highest BCUT2D eigenvalue weighted by molar-refractivity contribution is 5.69. The lowest BCUT2D eigenvalue weighted by atomic mass is 9.99. The van der Waals surface area contributed by atoms with Crippen molar-refractivity contribution in [2.24, 2.45) is 0 Å². The Morgan fingerprint density at radius 3 is 2.66 bits per heavy atom. The second kappa shape index (κ2) is 8.93. The standard InChI is InChI=1S/C22H32N4O3/c1-7-28-22(27)26-12-8-9-17(26)10-11-18-14(4)20(24-21(23-18)13(2)3)19-15(5)25-29-16(19)6/h13,17H,7-12H2,1-6H3. The fourth-order valence-electron chi connectivity index (χ4n) is 4.03. The molecule has 158 valence electrons. The van der Waals surface area contributed by atoms with E-state index in [0.717, 1.165) is 72.0 Å². The van der Waals surface area contributed by atoms with Gasteiger partial charge in [0.25, 0.3) is 0 Å². The van der Waals surface area contributed by atoms with Crippen LogP contribution in [0, 0.1) is 20.8 Å². The zero-order valence-electron chi connectivity index (χ0n) is 18.4. The van der Waals surface area contributed by atoms with Gasteiger partial charge in [0.2, 0.25) is 0 Å². The second-order valence-electron chi connectivity index (χ2n) is 8.08. The topological polar surface area (TPSA) is 81.4 Å². The van der Waals surface area contributed by atoms with E-state index < -0.39 is 0 Å². The molecule has 2 aromatic rings. The first kappa shape index (κ1) is 21.3. The monoisotopic (exact) mass is 400 g/mol. The van der Waals surface area contributed by atoms with Crippen LogP contribution in [0.4, 0.5) is 4.79 Å². The molecule has 0 aromatic carbocycles. The Bertz CT molecular complexity index is 856. The minimum Gasteiger partial charge on any atom is -0.450 e. The normalized spacial score (nSPS) is 16.7. The summed E-state index contributed by atoms with van der Waals surface area (Å²) in [5, 5.41) is 4.10. The van der Waals surface area contributed by atoms with Crippen molar-refractivity contribution >= 4 is 6.09 Å². The number of likely N-dealkylation sites (tertiary alicyclic amines) is 1. The Labute approximate surface area is 172 Å².